The van der Waals surface area contributed by atoms with Gasteiger partial charge in [-0.1, -0.05) is 29.8 Å². The van der Waals surface area contributed by atoms with Gasteiger partial charge >= 0.3 is 5.97 Å². The normalized spacial score (nSPS) is 16.9. The van der Waals surface area contributed by atoms with E-state index in [1.54, 1.807) is 11.3 Å². The first-order valence-corrected chi connectivity index (χ1v) is 11.0. The number of nitrogens with zero attached hydrogens (tertiary/aromatic N) is 2. The summed E-state index contributed by atoms with van der Waals surface area (Å²) in [6.45, 7) is 6.02. The van der Waals surface area contributed by atoms with E-state index < -0.39 is 0 Å². The standard InChI is InChI=1S/C23H26N2O3S/c1-3-28-23(27)18-5-4-11-24(15-18)22(26)20-13-21-19(10-12-29-21)25(20)14-17-8-6-16(2)7-9-17/h6-10,12-13,18H,3-5,11,14-15H2,1-2H3/t18-/m0/s1. The molecule has 152 valence electrons. The third-order valence-electron chi connectivity index (χ3n) is 5.53. The van der Waals surface area contributed by atoms with Crippen molar-refractivity contribution in [1.82, 2.24) is 9.47 Å². The topological polar surface area (TPSA) is 51.5 Å². The molecule has 2 aromatic heterocycles. The van der Waals surface area contributed by atoms with Crippen LogP contribution >= 0.6 is 11.3 Å². The quantitative estimate of drug-likeness (QED) is 0.583. The molecule has 1 amide bonds. The number of ether oxygens (including phenoxy) is 1. The Kier molecular flexibility index (Phi) is 5.72. The predicted octanol–water partition coefficient (Wildman–Crippen LogP) is 4.47. The van der Waals surface area contributed by atoms with Crippen LogP contribution in [0.3, 0.4) is 0 Å². The van der Waals surface area contributed by atoms with Crippen molar-refractivity contribution in [3.05, 3.63) is 58.6 Å². The number of aryl methyl sites for hydroxylation is 1. The number of hydrogen-bond acceptors (Lipinski definition) is 4. The van der Waals surface area contributed by atoms with E-state index in [9.17, 15) is 9.59 Å². The Morgan fingerprint density at radius 3 is 2.76 bits per heavy atom. The summed E-state index contributed by atoms with van der Waals surface area (Å²) in [5.74, 6) is -0.426. The maximum Gasteiger partial charge on any atom is 0.310 e. The van der Waals surface area contributed by atoms with Gasteiger partial charge in [-0.25, -0.2) is 0 Å². The van der Waals surface area contributed by atoms with Gasteiger partial charge in [-0.3, -0.25) is 9.59 Å². The fourth-order valence-corrected chi connectivity index (χ4v) is 4.80. The van der Waals surface area contributed by atoms with Crippen molar-refractivity contribution in [3.63, 3.8) is 0 Å². The van der Waals surface area contributed by atoms with Crippen LogP contribution in [-0.2, 0) is 16.1 Å². The molecule has 29 heavy (non-hydrogen) atoms. The van der Waals surface area contributed by atoms with Crippen molar-refractivity contribution in [2.24, 2.45) is 5.92 Å². The van der Waals surface area contributed by atoms with E-state index in [0.29, 0.717) is 31.9 Å². The Labute approximate surface area is 174 Å². The summed E-state index contributed by atoms with van der Waals surface area (Å²) in [7, 11) is 0. The molecule has 1 saturated heterocycles. The molecule has 0 aliphatic carbocycles. The molecule has 0 radical (unpaired) electrons. The smallest absolute Gasteiger partial charge is 0.310 e. The number of aromatic nitrogens is 1. The zero-order valence-corrected chi connectivity index (χ0v) is 17.7. The molecule has 3 aromatic rings. The minimum atomic E-state index is -0.228. The van der Waals surface area contributed by atoms with Gasteiger partial charge in [-0.15, -0.1) is 11.3 Å². The molecule has 5 nitrogen and oxygen atoms in total. The molecule has 1 aromatic carbocycles. The first-order chi connectivity index (χ1) is 14.1. The third-order valence-corrected chi connectivity index (χ3v) is 6.38. The molecule has 0 N–H and O–H groups in total. The average Bonchev–Trinajstić information content (AvgIpc) is 3.32. The van der Waals surface area contributed by atoms with Gasteiger partial charge in [0, 0.05) is 19.6 Å². The lowest BCUT2D eigenvalue weighted by molar-refractivity contribution is -0.149. The lowest BCUT2D eigenvalue weighted by Gasteiger charge is -2.31. The summed E-state index contributed by atoms with van der Waals surface area (Å²) in [5.41, 5.74) is 4.16. The molecule has 0 unspecified atom stereocenters. The molecular formula is C23H26N2O3S. The van der Waals surface area contributed by atoms with E-state index in [1.807, 2.05) is 17.9 Å². The number of carbonyl (C=O) groups excluding carboxylic acids is 2. The molecule has 0 spiro atoms. The molecule has 1 fully saturated rings. The monoisotopic (exact) mass is 410 g/mol. The van der Waals surface area contributed by atoms with E-state index in [-0.39, 0.29) is 17.8 Å². The second-order valence-corrected chi connectivity index (χ2v) is 8.56. The number of fused-ring (bicyclic) bond motifs is 1. The number of benzene rings is 1. The van der Waals surface area contributed by atoms with Crippen LogP contribution in [0.1, 0.15) is 41.4 Å². The van der Waals surface area contributed by atoms with Crippen molar-refractivity contribution < 1.29 is 14.3 Å². The molecule has 3 heterocycles. The van der Waals surface area contributed by atoms with Gasteiger partial charge in [-0.05, 0) is 49.8 Å². The van der Waals surface area contributed by atoms with Crippen LogP contribution in [0.4, 0.5) is 0 Å². The van der Waals surface area contributed by atoms with Crippen LogP contribution in [0.15, 0.2) is 41.8 Å². The van der Waals surface area contributed by atoms with Gasteiger partial charge in [0.25, 0.3) is 5.91 Å². The summed E-state index contributed by atoms with van der Waals surface area (Å²) in [5, 5.41) is 2.06. The first-order valence-electron chi connectivity index (χ1n) is 10.1. The Balaban J connectivity index is 1.61. The Hall–Kier alpha value is -2.60. The number of rotatable bonds is 5. The number of likely N-dealkylation sites (tertiary alicyclic amines) is 1. The zero-order chi connectivity index (χ0) is 20.4. The van der Waals surface area contributed by atoms with E-state index in [4.69, 9.17) is 4.74 Å². The van der Waals surface area contributed by atoms with Gasteiger partial charge in [0.15, 0.2) is 0 Å². The lowest BCUT2D eigenvalue weighted by atomic mass is 9.98. The van der Waals surface area contributed by atoms with E-state index in [1.165, 1.54) is 5.56 Å². The summed E-state index contributed by atoms with van der Waals surface area (Å²) < 4.78 is 8.40. The second kappa shape index (κ2) is 8.41. The number of amides is 1. The Bertz CT molecular complexity index is 1020. The van der Waals surface area contributed by atoms with Crippen molar-refractivity contribution >= 4 is 33.4 Å². The Morgan fingerprint density at radius 1 is 1.21 bits per heavy atom. The third kappa shape index (κ3) is 4.08. The van der Waals surface area contributed by atoms with Gasteiger partial charge in [0.2, 0.25) is 0 Å². The summed E-state index contributed by atoms with van der Waals surface area (Å²) >= 11 is 1.65. The van der Waals surface area contributed by atoms with Crippen LogP contribution < -0.4 is 0 Å². The van der Waals surface area contributed by atoms with Crippen molar-refractivity contribution in [1.29, 1.82) is 0 Å². The SMILES string of the molecule is CCOC(=O)[C@H]1CCCN(C(=O)c2cc3sccc3n2Cc2ccc(C)cc2)C1. The highest BCUT2D eigenvalue weighted by molar-refractivity contribution is 7.17. The number of esters is 1. The maximum absolute atomic E-state index is 13.4. The zero-order valence-electron chi connectivity index (χ0n) is 16.9. The largest absolute Gasteiger partial charge is 0.466 e. The predicted molar refractivity (Wildman–Crippen MR) is 115 cm³/mol. The second-order valence-electron chi connectivity index (χ2n) is 7.61. The van der Waals surface area contributed by atoms with Gasteiger partial charge in [0.1, 0.15) is 5.69 Å². The number of carbonyl (C=O) groups is 2. The van der Waals surface area contributed by atoms with E-state index in [2.05, 4.69) is 47.2 Å². The van der Waals surface area contributed by atoms with Crippen LogP contribution in [0, 0.1) is 12.8 Å². The molecule has 4 rings (SSSR count). The summed E-state index contributed by atoms with van der Waals surface area (Å²) in [6.07, 6.45) is 1.60. The van der Waals surface area contributed by atoms with Gasteiger partial charge in [-0.2, -0.15) is 0 Å². The molecule has 1 aliphatic rings. The van der Waals surface area contributed by atoms with Crippen LogP contribution in [0.25, 0.3) is 10.2 Å². The average molecular weight is 411 g/mol. The first kappa shape index (κ1) is 19.7. The fraction of sp³-hybridized carbons (Fsp3) is 0.391. The number of thiophene rings is 1. The number of hydrogen-bond donors (Lipinski definition) is 0. The van der Waals surface area contributed by atoms with Gasteiger partial charge in [0.05, 0.1) is 22.7 Å². The Morgan fingerprint density at radius 2 is 2.00 bits per heavy atom. The highest BCUT2D eigenvalue weighted by Crippen LogP contribution is 2.28. The van der Waals surface area contributed by atoms with E-state index >= 15 is 0 Å². The molecular weight excluding hydrogens is 384 g/mol. The minimum Gasteiger partial charge on any atom is -0.466 e. The van der Waals surface area contributed by atoms with Crippen molar-refractivity contribution in [2.75, 3.05) is 19.7 Å². The summed E-state index contributed by atoms with van der Waals surface area (Å²) in [4.78, 5) is 27.4. The molecule has 1 aliphatic heterocycles. The summed E-state index contributed by atoms with van der Waals surface area (Å²) in [6, 6.07) is 12.5. The van der Waals surface area contributed by atoms with Crippen LogP contribution in [0.2, 0.25) is 0 Å². The van der Waals surface area contributed by atoms with Crippen LogP contribution in [-0.4, -0.2) is 41.0 Å². The van der Waals surface area contributed by atoms with Crippen LogP contribution in [0.5, 0.6) is 0 Å². The lowest BCUT2D eigenvalue weighted by Crippen LogP contribution is -2.43. The number of piperidine rings is 1. The van der Waals surface area contributed by atoms with Gasteiger partial charge < -0.3 is 14.2 Å². The molecule has 0 saturated carbocycles. The van der Waals surface area contributed by atoms with Crippen molar-refractivity contribution in [3.8, 4) is 0 Å². The maximum atomic E-state index is 13.4. The van der Waals surface area contributed by atoms with E-state index in [0.717, 1.165) is 28.6 Å². The minimum absolute atomic E-state index is 0.00508. The fourth-order valence-electron chi connectivity index (χ4n) is 3.98. The van der Waals surface area contributed by atoms with Crippen molar-refractivity contribution in [2.45, 2.75) is 33.2 Å². The molecule has 6 heteroatoms. The highest BCUT2D eigenvalue weighted by Gasteiger charge is 2.31. The molecule has 1 atom stereocenters. The molecule has 0 bridgehead atoms. The highest BCUT2D eigenvalue weighted by atomic mass is 32.1.